The summed E-state index contributed by atoms with van der Waals surface area (Å²) in [5.74, 6) is -0.248. The molecule has 1 unspecified atom stereocenters. The molecule has 2 aromatic rings. The summed E-state index contributed by atoms with van der Waals surface area (Å²) >= 11 is 12.4. The van der Waals surface area contributed by atoms with Crippen LogP contribution in [-0.2, 0) is 9.53 Å². The van der Waals surface area contributed by atoms with Crippen molar-refractivity contribution in [3.63, 3.8) is 0 Å². The average molecular weight is 423 g/mol. The number of nitrogens with two attached hydrogens (primary N) is 1. The number of nitrogens with zero attached hydrogens (tertiary/aromatic N) is 1. The van der Waals surface area contributed by atoms with Crippen LogP contribution in [0.5, 0.6) is 0 Å². The first-order chi connectivity index (χ1) is 13.4. The lowest BCUT2D eigenvalue weighted by atomic mass is 10.0. The molecule has 0 spiro atoms. The molecule has 0 radical (unpaired) electrons. The maximum absolute atomic E-state index is 13.2. The zero-order chi connectivity index (χ0) is 20.1. The maximum Gasteiger partial charge on any atom is 0.316 e. The van der Waals surface area contributed by atoms with Crippen LogP contribution in [0.25, 0.3) is 0 Å². The number of ether oxygens (including phenoxy) is 1. The predicted molar refractivity (Wildman–Crippen MR) is 110 cm³/mol. The minimum Gasteiger partial charge on any atom is -0.379 e. The molecule has 28 heavy (non-hydrogen) atoms. The number of carbonyl (C=O) groups is 2. The molecular weight excluding hydrogens is 403 g/mol. The van der Waals surface area contributed by atoms with Crippen LogP contribution in [0, 0.1) is 0 Å². The Balaban J connectivity index is 1.87. The molecule has 0 aliphatic carbocycles. The minimum atomic E-state index is -0.678. The fourth-order valence-corrected chi connectivity index (χ4v) is 3.60. The Bertz CT molecular complexity index is 872. The van der Waals surface area contributed by atoms with Crippen LogP contribution in [0.4, 0.5) is 16.2 Å². The van der Waals surface area contributed by atoms with Gasteiger partial charge in [0.15, 0.2) is 0 Å². The van der Waals surface area contributed by atoms with Gasteiger partial charge in [-0.2, -0.15) is 0 Å². The van der Waals surface area contributed by atoms with Crippen molar-refractivity contribution in [3.8, 4) is 0 Å². The number of benzene rings is 2. The van der Waals surface area contributed by atoms with Gasteiger partial charge in [-0.25, -0.2) is 4.79 Å². The van der Waals surface area contributed by atoms with Crippen LogP contribution in [-0.4, -0.2) is 43.1 Å². The van der Waals surface area contributed by atoms with Gasteiger partial charge in [0.25, 0.3) is 0 Å². The number of rotatable bonds is 5. The van der Waals surface area contributed by atoms with Crippen molar-refractivity contribution in [1.82, 2.24) is 4.90 Å². The zero-order valence-electron chi connectivity index (χ0n) is 15.0. The van der Waals surface area contributed by atoms with Gasteiger partial charge in [0.05, 0.1) is 13.2 Å². The summed E-state index contributed by atoms with van der Waals surface area (Å²) in [5, 5.41) is 6.29. The van der Waals surface area contributed by atoms with E-state index in [1.165, 1.54) is 0 Å². The van der Waals surface area contributed by atoms with Crippen molar-refractivity contribution in [2.75, 3.05) is 36.9 Å². The Morgan fingerprint density at radius 2 is 1.71 bits per heavy atom. The van der Waals surface area contributed by atoms with Crippen molar-refractivity contribution in [3.05, 3.63) is 58.1 Å². The number of primary amides is 1. The van der Waals surface area contributed by atoms with Gasteiger partial charge in [0.1, 0.15) is 6.04 Å². The van der Waals surface area contributed by atoms with Gasteiger partial charge in [0.2, 0.25) is 5.91 Å². The number of hydrogen-bond acceptors (Lipinski definition) is 4. The van der Waals surface area contributed by atoms with Crippen molar-refractivity contribution >= 4 is 46.5 Å². The van der Waals surface area contributed by atoms with E-state index in [4.69, 9.17) is 33.7 Å². The molecule has 2 aromatic carbocycles. The molecule has 1 aliphatic rings. The van der Waals surface area contributed by atoms with Crippen molar-refractivity contribution in [2.24, 2.45) is 5.73 Å². The lowest BCUT2D eigenvalue weighted by molar-refractivity contribution is -0.123. The van der Waals surface area contributed by atoms with E-state index in [1.807, 2.05) is 4.90 Å². The summed E-state index contributed by atoms with van der Waals surface area (Å²) in [4.78, 5) is 26.2. The molecule has 1 heterocycles. The second-order valence-corrected chi connectivity index (χ2v) is 7.12. The number of morpholine rings is 1. The number of urea groups is 1. The summed E-state index contributed by atoms with van der Waals surface area (Å²) < 4.78 is 5.41. The quantitative estimate of drug-likeness (QED) is 0.686. The number of halogens is 2. The SMILES string of the molecule is NC(=O)Nc1cccc(NC(=O)C(c2ccc(Cl)cc2Cl)N2CCOCC2)c1. The van der Waals surface area contributed by atoms with E-state index in [-0.39, 0.29) is 5.91 Å². The van der Waals surface area contributed by atoms with Gasteiger partial charge in [-0.3, -0.25) is 9.69 Å². The van der Waals surface area contributed by atoms with Crippen LogP contribution in [0.1, 0.15) is 11.6 Å². The second kappa shape index (κ2) is 9.25. The lowest BCUT2D eigenvalue weighted by Crippen LogP contribution is -2.44. The molecule has 3 amide bonds. The van der Waals surface area contributed by atoms with Crippen LogP contribution in [0.2, 0.25) is 10.0 Å². The van der Waals surface area contributed by atoms with Gasteiger partial charge in [-0.1, -0.05) is 35.3 Å². The monoisotopic (exact) mass is 422 g/mol. The molecule has 0 bridgehead atoms. The van der Waals surface area contributed by atoms with E-state index >= 15 is 0 Å². The van der Waals surface area contributed by atoms with E-state index in [0.717, 1.165) is 0 Å². The van der Waals surface area contributed by atoms with E-state index < -0.39 is 12.1 Å². The number of anilines is 2. The Kier molecular flexibility index (Phi) is 6.74. The lowest BCUT2D eigenvalue weighted by Gasteiger charge is -2.34. The Morgan fingerprint density at radius 3 is 2.36 bits per heavy atom. The summed E-state index contributed by atoms with van der Waals surface area (Å²) in [6, 6.07) is 10.5. The van der Waals surface area contributed by atoms with Crippen molar-refractivity contribution < 1.29 is 14.3 Å². The standard InChI is InChI=1S/C19H20Cl2N4O3/c20-12-4-5-15(16(21)10-12)17(25-6-8-28-9-7-25)18(26)23-13-2-1-3-14(11-13)24-19(22)27/h1-5,10-11,17H,6-9H2,(H,23,26)(H3,22,24,27). The molecular formula is C19H20Cl2N4O3. The maximum atomic E-state index is 13.2. The molecule has 9 heteroatoms. The smallest absolute Gasteiger partial charge is 0.316 e. The number of nitrogens with one attached hydrogen (secondary N) is 2. The minimum absolute atomic E-state index is 0.248. The molecule has 4 N–H and O–H groups in total. The largest absolute Gasteiger partial charge is 0.379 e. The van der Waals surface area contributed by atoms with E-state index in [0.29, 0.717) is 53.3 Å². The third-order valence-corrected chi connectivity index (χ3v) is 4.88. The van der Waals surface area contributed by atoms with Gasteiger partial charge in [-0.15, -0.1) is 0 Å². The third kappa shape index (κ3) is 5.14. The van der Waals surface area contributed by atoms with Gasteiger partial charge >= 0.3 is 6.03 Å². The van der Waals surface area contributed by atoms with Crippen LogP contribution >= 0.6 is 23.2 Å². The van der Waals surface area contributed by atoms with Gasteiger partial charge < -0.3 is 21.1 Å². The highest BCUT2D eigenvalue weighted by atomic mass is 35.5. The van der Waals surface area contributed by atoms with Crippen molar-refractivity contribution in [2.45, 2.75) is 6.04 Å². The van der Waals surface area contributed by atoms with Crippen LogP contribution in [0.15, 0.2) is 42.5 Å². The molecule has 1 saturated heterocycles. The topological polar surface area (TPSA) is 96.7 Å². The fraction of sp³-hybridized carbons (Fsp3) is 0.263. The Morgan fingerprint density at radius 1 is 1.04 bits per heavy atom. The van der Waals surface area contributed by atoms with Gasteiger partial charge in [0, 0.05) is 34.5 Å². The van der Waals surface area contributed by atoms with E-state index in [9.17, 15) is 9.59 Å². The predicted octanol–water partition coefficient (Wildman–Crippen LogP) is 3.50. The molecule has 1 fully saturated rings. The highest BCUT2D eigenvalue weighted by molar-refractivity contribution is 6.35. The van der Waals surface area contributed by atoms with E-state index in [1.54, 1.807) is 42.5 Å². The molecule has 0 aromatic heterocycles. The number of hydrogen-bond donors (Lipinski definition) is 3. The third-order valence-electron chi connectivity index (χ3n) is 4.31. The average Bonchev–Trinajstić information content (AvgIpc) is 2.64. The van der Waals surface area contributed by atoms with Crippen molar-refractivity contribution in [1.29, 1.82) is 0 Å². The molecule has 0 saturated carbocycles. The molecule has 148 valence electrons. The number of carbonyl (C=O) groups excluding carboxylic acids is 2. The normalized spacial score (nSPS) is 15.6. The number of amides is 3. The summed E-state index contributed by atoms with van der Waals surface area (Å²) in [6.45, 7) is 2.26. The summed E-state index contributed by atoms with van der Waals surface area (Å²) in [5.41, 5.74) is 6.82. The Labute approximate surface area is 172 Å². The van der Waals surface area contributed by atoms with Crippen LogP contribution < -0.4 is 16.4 Å². The highest BCUT2D eigenvalue weighted by Gasteiger charge is 2.31. The first-order valence-corrected chi connectivity index (χ1v) is 9.44. The summed E-state index contributed by atoms with van der Waals surface area (Å²) in [6.07, 6.45) is 0. The van der Waals surface area contributed by atoms with Crippen LogP contribution in [0.3, 0.4) is 0 Å². The van der Waals surface area contributed by atoms with Gasteiger partial charge in [-0.05, 0) is 35.9 Å². The highest BCUT2D eigenvalue weighted by Crippen LogP contribution is 2.31. The molecule has 3 rings (SSSR count). The fourth-order valence-electron chi connectivity index (χ4n) is 3.09. The van der Waals surface area contributed by atoms with E-state index in [2.05, 4.69) is 10.6 Å². The second-order valence-electron chi connectivity index (χ2n) is 6.28. The molecule has 7 nitrogen and oxygen atoms in total. The molecule has 1 atom stereocenters. The first-order valence-electron chi connectivity index (χ1n) is 8.68. The first kappa shape index (κ1) is 20.4. The Hall–Kier alpha value is -2.32. The molecule has 1 aliphatic heterocycles. The zero-order valence-corrected chi connectivity index (χ0v) is 16.5. The summed E-state index contributed by atoms with van der Waals surface area (Å²) in [7, 11) is 0.